The molecular weight excluding hydrogens is 512 g/mol. The third kappa shape index (κ3) is 5.91. The van der Waals surface area contributed by atoms with Gasteiger partial charge in [-0.1, -0.05) is 42.8 Å². The molecule has 3 aromatic rings. The second-order valence-corrected chi connectivity index (χ2v) is 10.4. The van der Waals surface area contributed by atoms with Crippen LogP contribution >= 0.6 is 11.6 Å². The number of methoxy groups -OCH3 is 1. The molecule has 3 atom stereocenters. The molecule has 0 fully saturated rings. The van der Waals surface area contributed by atoms with Gasteiger partial charge in [0.25, 0.3) is 0 Å². The van der Waals surface area contributed by atoms with Gasteiger partial charge in [-0.05, 0) is 85.8 Å². The average molecular weight is 549 g/mol. The molecule has 0 radical (unpaired) electrons. The van der Waals surface area contributed by atoms with Gasteiger partial charge in [-0.3, -0.25) is 9.59 Å². The molecule has 2 amide bonds. The number of hydrogen-bond donors (Lipinski definition) is 0. The number of ether oxygens (including phenoxy) is 2. The lowest BCUT2D eigenvalue weighted by Gasteiger charge is -2.38. The minimum Gasteiger partial charge on any atom is -0.493 e. The molecule has 0 bridgehead atoms. The fourth-order valence-corrected chi connectivity index (χ4v) is 5.36. The summed E-state index contributed by atoms with van der Waals surface area (Å²) in [5, 5.41) is 0.632. The molecule has 0 spiro atoms. The Morgan fingerprint density at radius 2 is 1.72 bits per heavy atom. The summed E-state index contributed by atoms with van der Waals surface area (Å²) in [6.07, 6.45) is 1.11. The standard InChI is InChI=1S/C32H37ClN2O4/c1-7-20(3)39-30-19-28-25(17-29(30)38-6)18-31(37)35(32(28)24-9-13-26(33)14-10-24)27-15-11-23(12-16-27)21(4)34(8-2)22(5)36/h9-17,19-21,32H,7-8,18H2,1-6H3/t20?,21-,32+/m1/s1. The van der Waals surface area contributed by atoms with E-state index in [0.29, 0.717) is 23.1 Å². The quantitative estimate of drug-likeness (QED) is 0.285. The highest BCUT2D eigenvalue weighted by atomic mass is 35.5. The normalized spacial score (nSPS) is 16.3. The van der Waals surface area contributed by atoms with Gasteiger partial charge >= 0.3 is 0 Å². The van der Waals surface area contributed by atoms with Crippen molar-refractivity contribution in [3.63, 3.8) is 0 Å². The van der Waals surface area contributed by atoms with Crippen LogP contribution in [0.2, 0.25) is 5.02 Å². The number of anilines is 1. The Balaban J connectivity index is 1.82. The molecule has 206 valence electrons. The highest BCUT2D eigenvalue weighted by Gasteiger charge is 2.36. The van der Waals surface area contributed by atoms with Gasteiger partial charge in [-0.15, -0.1) is 0 Å². The number of carbonyl (C=O) groups is 2. The van der Waals surface area contributed by atoms with E-state index in [4.69, 9.17) is 21.1 Å². The summed E-state index contributed by atoms with van der Waals surface area (Å²) < 4.78 is 11.9. The topological polar surface area (TPSA) is 59.1 Å². The molecule has 1 aliphatic rings. The van der Waals surface area contributed by atoms with Crippen molar-refractivity contribution < 1.29 is 19.1 Å². The average Bonchev–Trinajstić information content (AvgIpc) is 2.93. The summed E-state index contributed by atoms with van der Waals surface area (Å²) >= 11 is 6.23. The maximum atomic E-state index is 13.8. The highest BCUT2D eigenvalue weighted by molar-refractivity contribution is 6.30. The number of halogens is 1. The Labute approximate surface area is 236 Å². The summed E-state index contributed by atoms with van der Waals surface area (Å²) in [5.41, 5.74) is 4.64. The van der Waals surface area contributed by atoms with E-state index in [9.17, 15) is 9.59 Å². The fourth-order valence-electron chi connectivity index (χ4n) is 5.24. The van der Waals surface area contributed by atoms with Crippen LogP contribution in [-0.2, 0) is 16.0 Å². The first-order valence-corrected chi connectivity index (χ1v) is 13.9. The van der Waals surface area contributed by atoms with Crippen molar-refractivity contribution in [1.29, 1.82) is 0 Å². The predicted molar refractivity (Wildman–Crippen MR) is 156 cm³/mol. The molecule has 7 heteroatoms. The molecule has 4 rings (SSSR count). The van der Waals surface area contributed by atoms with Crippen molar-refractivity contribution in [2.45, 2.75) is 65.6 Å². The summed E-state index contributed by atoms with van der Waals surface area (Å²) in [6, 6.07) is 19.0. The van der Waals surface area contributed by atoms with Gasteiger partial charge in [0.05, 0.1) is 31.7 Å². The van der Waals surface area contributed by atoms with Gasteiger partial charge in [0.15, 0.2) is 11.5 Å². The maximum absolute atomic E-state index is 13.8. The summed E-state index contributed by atoms with van der Waals surface area (Å²) in [6.45, 7) is 10.3. The molecule has 0 saturated heterocycles. The first kappa shape index (κ1) is 28.5. The van der Waals surface area contributed by atoms with Crippen LogP contribution < -0.4 is 14.4 Å². The number of hydrogen-bond acceptors (Lipinski definition) is 4. The van der Waals surface area contributed by atoms with E-state index in [-0.39, 0.29) is 36.4 Å². The van der Waals surface area contributed by atoms with Gasteiger partial charge < -0.3 is 19.3 Å². The largest absolute Gasteiger partial charge is 0.493 e. The molecule has 1 aliphatic heterocycles. The molecule has 0 saturated carbocycles. The van der Waals surface area contributed by atoms with Crippen LogP contribution in [0.1, 0.15) is 75.4 Å². The Kier molecular flexibility index (Phi) is 8.86. The van der Waals surface area contributed by atoms with Crippen molar-refractivity contribution in [1.82, 2.24) is 4.90 Å². The SMILES string of the molecule is CCC(C)Oc1cc2c(cc1OC)CC(=O)N(c1ccc([C@@H](C)N(CC)C(C)=O)cc1)[C@H]2c1ccc(Cl)cc1. The molecular formula is C32H37ClN2O4. The zero-order chi connectivity index (χ0) is 28.3. The van der Waals surface area contributed by atoms with Crippen LogP contribution in [0, 0.1) is 0 Å². The van der Waals surface area contributed by atoms with Crippen LogP contribution in [0.4, 0.5) is 5.69 Å². The first-order chi connectivity index (χ1) is 18.7. The second kappa shape index (κ2) is 12.1. The molecule has 1 heterocycles. The van der Waals surface area contributed by atoms with Gasteiger partial charge in [0.1, 0.15) is 0 Å². The van der Waals surface area contributed by atoms with Crippen molar-refractivity contribution in [2.75, 3.05) is 18.6 Å². The third-order valence-electron chi connectivity index (χ3n) is 7.54. The monoisotopic (exact) mass is 548 g/mol. The number of amides is 2. The Hall–Kier alpha value is -3.51. The summed E-state index contributed by atoms with van der Waals surface area (Å²) in [5.74, 6) is 1.30. The summed E-state index contributed by atoms with van der Waals surface area (Å²) in [4.78, 5) is 29.5. The van der Waals surface area contributed by atoms with Gasteiger partial charge in [0, 0.05) is 24.2 Å². The molecule has 0 N–H and O–H groups in total. The van der Waals surface area contributed by atoms with E-state index >= 15 is 0 Å². The lowest BCUT2D eigenvalue weighted by Crippen LogP contribution is -2.41. The van der Waals surface area contributed by atoms with E-state index in [1.54, 1.807) is 14.0 Å². The highest BCUT2D eigenvalue weighted by Crippen LogP contribution is 2.44. The Morgan fingerprint density at radius 1 is 1.05 bits per heavy atom. The molecule has 0 aliphatic carbocycles. The van der Waals surface area contributed by atoms with E-state index in [2.05, 4.69) is 6.92 Å². The lowest BCUT2D eigenvalue weighted by atomic mass is 9.86. The van der Waals surface area contributed by atoms with Crippen LogP contribution in [0.5, 0.6) is 11.5 Å². The van der Waals surface area contributed by atoms with Gasteiger partial charge in [-0.2, -0.15) is 0 Å². The number of benzene rings is 3. The van der Waals surface area contributed by atoms with Crippen molar-refractivity contribution in [3.05, 3.63) is 87.9 Å². The van der Waals surface area contributed by atoms with Crippen molar-refractivity contribution >= 4 is 29.1 Å². The minimum absolute atomic E-state index is 0.0134. The third-order valence-corrected chi connectivity index (χ3v) is 7.80. The van der Waals surface area contributed by atoms with E-state index in [1.807, 2.05) is 91.2 Å². The van der Waals surface area contributed by atoms with Crippen molar-refractivity contribution in [2.24, 2.45) is 0 Å². The molecule has 6 nitrogen and oxygen atoms in total. The first-order valence-electron chi connectivity index (χ1n) is 13.5. The van der Waals surface area contributed by atoms with E-state index < -0.39 is 0 Å². The van der Waals surface area contributed by atoms with Crippen LogP contribution in [0.15, 0.2) is 60.7 Å². The zero-order valence-electron chi connectivity index (χ0n) is 23.5. The van der Waals surface area contributed by atoms with Crippen molar-refractivity contribution in [3.8, 4) is 11.5 Å². The second-order valence-electron chi connectivity index (χ2n) is 10.0. The van der Waals surface area contributed by atoms with Crippen LogP contribution in [0.25, 0.3) is 0 Å². The van der Waals surface area contributed by atoms with E-state index in [0.717, 1.165) is 34.4 Å². The molecule has 3 aromatic carbocycles. The Bertz CT molecular complexity index is 1320. The van der Waals surface area contributed by atoms with Crippen LogP contribution in [0.3, 0.4) is 0 Å². The molecule has 39 heavy (non-hydrogen) atoms. The minimum atomic E-state index is -0.378. The fraction of sp³-hybridized carbons (Fsp3) is 0.375. The number of carbonyl (C=O) groups excluding carboxylic acids is 2. The Morgan fingerprint density at radius 3 is 2.28 bits per heavy atom. The lowest BCUT2D eigenvalue weighted by molar-refractivity contribution is -0.130. The number of fused-ring (bicyclic) bond motifs is 1. The van der Waals surface area contributed by atoms with Crippen LogP contribution in [-0.4, -0.2) is 36.5 Å². The van der Waals surface area contributed by atoms with Gasteiger partial charge in [0.2, 0.25) is 11.8 Å². The molecule has 1 unspecified atom stereocenters. The maximum Gasteiger partial charge on any atom is 0.232 e. The summed E-state index contributed by atoms with van der Waals surface area (Å²) in [7, 11) is 1.62. The predicted octanol–water partition coefficient (Wildman–Crippen LogP) is 7.13. The zero-order valence-corrected chi connectivity index (χ0v) is 24.3. The number of rotatable bonds is 9. The smallest absolute Gasteiger partial charge is 0.232 e. The molecule has 0 aromatic heterocycles. The number of nitrogens with zero attached hydrogens (tertiary/aromatic N) is 2. The van der Waals surface area contributed by atoms with Gasteiger partial charge in [-0.25, -0.2) is 0 Å². The van der Waals surface area contributed by atoms with E-state index in [1.165, 1.54) is 0 Å².